The molecule has 0 spiro atoms. The molecule has 8 heteroatoms. The molecule has 2 heterocycles. The lowest BCUT2D eigenvalue weighted by molar-refractivity contribution is 1.21. The highest BCUT2D eigenvalue weighted by molar-refractivity contribution is 9.10. The molecular weight excluding hydrogens is 332 g/mol. The normalized spacial score (nSPS) is 10.8. The third-order valence-corrected chi connectivity index (χ3v) is 3.72. The van der Waals surface area contributed by atoms with E-state index in [1.165, 1.54) is 0 Å². The molecule has 3 rings (SSSR count). The van der Waals surface area contributed by atoms with Crippen molar-refractivity contribution in [3.63, 3.8) is 0 Å². The maximum atomic E-state index is 6.04. The van der Waals surface area contributed by atoms with Crippen LogP contribution in [-0.2, 0) is 0 Å². The number of nitrogens with zero attached hydrogens (tertiary/aromatic N) is 3. The quantitative estimate of drug-likeness (QED) is 0.667. The zero-order valence-electron chi connectivity index (χ0n) is 9.48. The largest absolute Gasteiger partial charge is 0.368 e. The topological polar surface area (TPSA) is 92.5 Å². The van der Waals surface area contributed by atoms with Crippen LogP contribution in [0.25, 0.3) is 11.2 Å². The van der Waals surface area contributed by atoms with Crippen LogP contribution in [0.2, 0.25) is 5.02 Å². The van der Waals surface area contributed by atoms with Gasteiger partial charge in [0.2, 0.25) is 5.95 Å². The summed E-state index contributed by atoms with van der Waals surface area (Å²) in [6.07, 6.45) is 1.54. The van der Waals surface area contributed by atoms with Gasteiger partial charge < -0.3 is 16.0 Å². The second kappa shape index (κ2) is 4.67. The standard InChI is InChI=1S/C11H8BrClN6/c12-6-2-1-5(3-7(6)13)17-10-8-9(16-4-15-8)18-11(14)19-10/h1-4H,(H4,14,15,16,17,18,19). The van der Waals surface area contributed by atoms with Crippen molar-refractivity contribution in [1.82, 2.24) is 19.9 Å². The van der Waals surface area contributed by atoms with Crippen LogP contribution in [0.3, 0.4) is 0 Å². The van der Waals surface area contributed by atoms with Crippen molar-refractivity contribution < 1.29 is 0 Å². The molecule has 0 aliphatic carbocycles. The predicted octanol–water partition coefficient (Wildman–Crippen LogP) is 3.09. The number of H-pyrrole nitrogens is 1. The number of rotatable bonds is 2. The number of aromatic nitrogens is 4. The van der Waals surface area contributed by atoms with Gasteiger partial charge in [0, 0.05) is 10.2 Å². The minimum absolute atomic E-state index is 0.158. The molecule has 3 aromatic rings. The van der Waals surface area contributed by atoms with E-state index >= 15 is 0 Å². The molecular formula is C11H8BrClN6. The Balaban J connectivity index is 2.04. The van der Waals surface area contributed by atoms with Gasteiger partial charge in [0.1, 0.15) is 5.52 Å². The molecule has 96 valence electrons. The van der Waals surface area contributed by atoms with Crippen molar-refractivity contribution in [2.24, 2.45) is 0 Å². The summed E-state index contributed by atoms with van der Waals surface area (Å²) in [5.41, 5.74) is 7.64. The fourth-order valence-corrected chi connectivity index (χ4v) is 2.08. The maximum Gasteiger partial charge on any atom is 0.224 e. The molecule has 0 radical (unpaired) electrons. The first-order valence-corrected chi connectivity index (χ1v) is 6.49. The average Bonchev–Trinajstić information content (AvgIpc) is 2.82. The Bertz CT molecular complexity index is 756. The highest BCUT2D eigenvalue weighted by Crippen LogP contribution is 2.28. The molecule has 0 fully saturated rings. The summed E-state index contributed by atoms with van der Waals surface area (Å²) in [5, 5.41) is 3.74. The van der Waals surface area contributed by atoms with E-state index in [4.69, 9.17) is 17.3 Å². The predicted molar refractivity (Wildman–Crippen MR) is 78.5 cm³/mol. The Labute approximate surface area is 121 Å². The van der Waals surface area contributed by atoms with Crippen molar-refractivity contribution >= 4 is 56.1 Å². The molecule has 0 saturated carbocycles. The van der Waals surface area contributed by atoms with Gasteiger partial charge in [0.15, 0.2) is 11.5 Å². The Hall–Kier alpha value is -1.86. The lowest BCUT2D eigenvalue weighted by Gasteiger charge is -2.07. The van der Waals surface area contributed by atoms with E-state index in [1.54, 1.807) is 12.4 Å². The van der Waals surface area contributed by atoms with Crippen molar-refractivity contribution in [2.75, 3.05) is 11.1 Å². The van der Waals surface area contributed by atoms with Crippen molar-refractivity contribution in [1.29, 1.82) is 0 Å². The van der Waals surface area contributed by atoms with E-state index in [1.807, 2.05) is 12.1 Å². The van der Waals surface area contributed by atoms with Gasteiger partial charge in [0.05, 0.1) is 11.3 Å². The Morgan fingerprint density at radius 2 is 2.16 bits per heavy atom. The summed E-state index contributed by atoms with van der Waals surface area (Å²) in [5.74, 6) is 0.712. The van der Waals surface area contributed by atoms with Crippen molar-refractivity contribution in [3.05, 3.63) is 34.0 Å². The van der Waals surface area contributed by atoms with Gasteiger partial charge in [0.25, 0.3) is 0 Å². The second-order valence-electron chi connectivity index (χ2n) is 3.79. The van der Waals surface area contributed by atoms with Crippen molar-refractivity contribution in [3.8, 4) is 0 Å². The monoisotopic (exact) mass is 338 g/mol. The van der Waals surface area contributed by atoms with E-state index in [2.05, 4.69) is 41.2 Å². The number of imidazole rings is 1. The highest BCUT2D eigenvalue weighted by Gasteiger charge is 2.09. The van der Waals surface area contributed by atoms with Gasteiger partial charge in [-0.05, 0) is 34.1 Å². The minimum atomic E-state index is 0.158. The number of halogens is 2. The number of hydrogen-bond donors (Lipinski definition) is 3. The summed E-state index contributed by atoms with van der Waals surface area (Å²) in [7, 11) is 0. The van der Waals surface area contributed by atoms with Gasteiger partial charge in [-0.15, -0.1) is 0 Å². The maximum absolute atomic E-state index is 6.04. The first-order chi connectivity index (χ1) is 9.13. The summed E-state index contributed by atoms with van der Waals surface area (Å²) < 4.78 is 0.827. The number of hydrogen-bond acceptors (Lipinski definition) is 5. The summed E-state index contributed by atoms with van der Waals surface area (Å²) in [6, 6.07) is 5.50. The van der Waals surface area contributed by atoms with E-state index < -0.39 is 0 Å². The van der Waals surface area contributed by atoms with Crippen LogP contribution in [0, 0.1) is 0 Å². The van der Waals surface area contributed by atoms with Crippen LogP contribution in [0.15, 0.2) is 29.0 Å². The molecule has 0 amide bonds. The third kappa shape index (κ3) is 2.34. The van der Waals surface area contributed by atoms with Crippen LogP contribution in [-0.4, -0.2) is 19.9 Å². The van der Waals surface area contributed by atoms with Gasteiger partial charge in [-0.25, -0.2) is 4.98 Å². The third-order valence-electron chi connectivity index (χ3n) is 2.49. The van der Waals surface area contributed by atoms with Crippen LogP contribution in [0.4, 0.5) is 17.5 Å². The van der Waals surface area contributed by atoms with Gasteiger partial charge >= 0.3 is 0 Å². The zero-order valence-corrected chi connectivity index (χ0v) is 11.8. The van der Waals surface area contributed by atoms with Crippen molar-refractivity contribution in [2.45, 2.75) is 0 Å². The molecule has 0 atom stereocenters. The molecule has 0 bridgehead atoms. The smallest absolute Gasteiger partial charge is 0.224 e. The van der Waals surface area contributed by atoms with Crippen LogP contribution in [0.1, 0.15) is 0 Å². The molecule has 0 saturated heterocycles. The lowest BCUT2D eigenvalue weighted by atomic mass is 10.3. The van der Waals surface area contributed by atoms with Gasteiger partial charge in [-0.1, -0.05) is 11.6 Å². The number of nitrogen functional groups attached to an aromatic ring is 1. The number of anilines is 3. The van der Waals surface area contributed by atoms with Crippen LogP contribution in [0.5, 0.6) is 0 Å². The Kier molecular flexibility index (Phi) is 3.00. The summed E-state index contributed by atoms with van der Waals surface area (Å²) in [6.45, 7) is 0. The van der Waals surface area contributed by atoms with E-state index in [0.29, 0.717) is 22.0 Å². The summed E-state index contributed by atoms with van der Waals surface area (Å²) in [4.78, 5) is 15.2. The van der Waals surface area contributed by atoms with Crippen LogP contribution >= 0.6 is 27.5 Å². The number of aromatic amines is 1. The zero-order chi connectivity index (χ0) is 13.4. The number of nitrogens with one attached hydrogen (secondary N) is 2. The lowest BCUT2D eigenvalue weighted by Crippen LogP contribution is -2.01. The molecule has 1 aromatic carbocycles. The van der Waals surface area contributed by atoms with Gasteiger partial charge in [-0.2, -0.15) is 9.97 Å². The fourth-order valence-electron chi connectivity index (χ4n) is 1.65. The van der Waals surface area contributed by atoms with Gasteiger partial charge in [-0.3, -0.25) is 0 Å². The number of fused-ring (bicyclic) bond motifs is 1. The molecule has 0 aliphatic heterocycles. The molecule has 19 heavy (non-hydrogen) atoms. The first kappa shape index (κ1) is 12.2. The summed E-state index contributed by atoms with van der Waals surface area (Å²) >= 11 is 9.38. The average molecular weight is 340 g/mol. The number of nitrogens with two attached hydrogens (primary N) is 1. The SMILES string of the molecule is Nc1nc(Nc2ccc(Br)c(Cl)c2)c2[nH]cnc2n1. The van der Waals surface area contributed by atoms with Crippen LogP contribution < -0.4 is 11.1 Å². The minimum Gasteiger partial charge on any atom is -0.368 e. The first-order valence-electron chi connectivity index (χ1n) is 5.32. The molecule has 6 nitrogen and oxygen atoms in total. The molecule has 0 unspecified atom stereocenters. The van der Waals surface area contributed by atoms with E-state index in [0.717, 1.165) is 10.2 Å². The number of benzene rings is 1. The highest BCUT2D eigenvalue weighted by atomic mass is 79.9. The fraction of sp³-hybridized carbons (Fsp3) is 0. The second-order valence-corrected chi connectivity index (χ2v) is 5.05. The molecule has 2 aromatic heterocycles. The molecule has 0 aliphatic rings. The van der Waals surface area contributed by atoms with E-state index in [-0.39, 0.29) is 5.95 Å². The Morgan fingerprint density at radius 1 is 1.32 bits per heavy atom. The molecule has 4 N–H and O–H groups in total. The van der Waals surface area contributed by atoms with E-state index in [9.17, 15) is 0 Å². The Morgan fingerprint density at radius 3 is 2.95 bits per heavy atom.